The maximum atomic E-state index is 5.81. The second kappa shape index (κ2) is 2.81. The van der Waals surface area contributed by atoms with E-state index in [9.17, 15) is 0 Å². The first-order valence-electron chi connectivity index (χ1n) is 2.82. The van der Waals surface area contributed by atoms with Crippen LogP contribution in [0.15, 0.2) is 16.6 Å². The average molecular weight is 220 g/mol. The minimum atomic E-state index is 0.701. The quantitative estimate of drug-likeness (QED) is 0.668. The Hall–Kier alpha value is -0.210. The second-order valence-electron chi connectivity index (χ2n) is 2.10. The van der Waals surface area contributed by atoms with E-state index in [2.05, 4.69) is 15.9 Å². The summed E-state index contributed by atoms with van der Waals surface area (Å²) in [5.74, 6) is 0. The maximum Gasteiger partial charge on any atom is 0.0466 e. The molecule has 1 aromatic carbocycles. The molecule has 0 bridgehead atoms. The van der Waals surface area contributed by atoms with Crippen molar-refractivity contribution in [1.82, 2.24) is 0 Å². The van der Waals surface area contributed by atoms with Crippen molar-refractivity contribution in [2.45, 2.75) is 6.92 Å². The Balaban J connectivity index is 3.31. The molecule has 0 heterocycles. The monoisotopic (exact) mass is 219 g/mol. The van der Waals surface area contributed by atoms with Gasteiger partial charge in [0.1, 0.15) is 0 Å². The van der Waals surface area contributed by atoms with Gasteiger partial charge in [0.15, 0.2) is 0 Å². The number of anilines is 1. The summed E-state index contributed by atoms with van der Waals surface area (Å²) in [5, 5.41) is 0.701. The molecule has 2 N–H and O–H groups in total. The van der Waals surface area contributed by atoms with E-state index in [1.807, 2.05) is 19.1 Å². The van der Waals surface area contributed by atoms with Gasteiger partial charge >= 0.3 is 0 Å². The largest absolute Gasteiger partial charge is 0.398 e. The van der Waals surface area contributed by atoms with Crippen LogP contribution in [0, 0.1) is 6.92 Å². The highest BCUT2D eigenvalue weighted by Crippen LogP contribution is 2.25. The van der Waals surface area contributed by atoms with Crippen molar-refractivity contribution in [1.29, 1.82) is 0 Å². The summed E-state index contributed by atoms with van der Waals surface area (Å²) >= 11 is 9.09. The third-order valence-electron chi connectivity index (χ3n) is 1.35. The maximum absolute atomic E-state index is 5.81. The molecule has 0 saturated carbocycles. The first-order valence-corrected chi connectivity index (χ1v) is 3.99. The number of hydrogen-bond donors (Lipinski definition) is 1. The van der Waals surface area contributed by atoms with Crippen LogP contribution in [0.5, 0.6) is 0 Å². The summed E-state index contributed by atoms with van der Waals surface area (Å²) in [6, 6.07) is 3.66. The van der Waals surface area contributed by atoms with Gasteiger partial charge in [-0.3, -0.25) is 0 Å². The zero-order valence-electron chi connectivity index (χ0n) is 5.49. The lowest BCUT2D eigenvalue weighted by atomic mass is 10.2. The van der Waals surface area contributed by atoms with Gasteiger partial charge < -0.3 is 5.73 Å². The Kier molecular flexibility index (Phi) is 2.21. The van der Waals surface area contributed by atoms with Gasteiger partial charge in [-0.1, -0.05) is 27.5 Å². The van der Waals surface area contributed by atoms with Gasteiger partial charge in [0.05, 0.1) is 0 Å². The first-order chi connectivity index (χ1) is 4.61. The number of rotatable bonds is 0. The molecule has 1 nitrogen and oxygen atoms in total. The van der Waals surface area contributed by atoms with E-state index < -0.39 is 0 Å². The number of benzene rings is 1. The van der Waals surface area contributed by atoms with Crippen LogP contribution in [-0.4, -0.2) is 0 Å². The highest BCUT2D eigenvalue weighted by atomic mass is 79.9. The molecule has 0 unspecified atom stereocenters. The van der Waals surface area contributed by atoms with Crippen LogP contribution >= 0.6 is 27.5 Å². The predicted molar refractivity (Wildman–Crippen MR) is 48.3 cm³/mol. The molecule has 0 spiro atoms. The fourth-order valence-corrected chi connectivity index (χ4v) is 1.50. The number of nitrogen functional groups attached to an aromatic ring is 1. The molecule has 1 aromatic rings. The van der Waals surface area contributed by atoms with Crippen molar-refractivity contribution < 1.29 is 0 Å². The predicted octanol–water partition coefficient (Wildman–Crippen LogP) is 2.99. The van der Waals surface area contributed by atoms with Crippen LogP contribution < -0.4 is 5.73 Å². The third kappa shape index (κ3) is 1.44. The Morgan fingerprint density at radius 3 is 2.60 bits per heavy atom. The minimum Gasteiger partial charge on any atom is -0.398 e. The van der Waals surface area contributed by atoms with Crippen LogP contribution in [0.2, 0.25) is 5.02 Å². The number of hydrogen-bond acceptors (Lipinski definition) is 1. The minimum absolute atomic E-state index is 0.701. The van der Waals surface area contributed by atoms with E-state index in [1.165, 1.54) is 0 Å². The molecule has 10 heavy (non-hydrogen) atoms. The van der Waals surface area contributed by atoms with E-state index in [1.54, 1.807) is 0 Å². The number of nitrogens with two attached hydrogens (primary N) is 1. The van der Waals surface area contributed by atoms with Gasteiger partial charge in [0.25, 0.3) is 0 Å². The molecular formula is C7H7BrClN. The van der Waals surface area contributed by atoms with Gasteiger partial charge in [-0.15, -0.1) is 0 Å². The smallest absolute Gasteiger partial charge is 0.0466 e. The summed E-state index contributed by atoms with van der Waals surface area (Å²) in [6.45, 7) is 1.89. The lowest BCUT2D eigenvalue weighted by molar-refractivity contribution is 1.46. The van der Waals surface area contributed by atoms with Crippen molar-refractivity contribution in [3.05, 3.63) is 27.2 Å². The summed E-state index contributed by atoms with van der Waals surface area (Å²) in [6.07, 6.45) is 0. The molecule has 0 aromatic heterocycles. The van der Waals surface area contributed by atoms with Gasteiger partial charge in [-0.25, -0.2) is 0 Å². The summed E-state index contributed by atoms with van der Waals surface area (Å²) in [7, 11) is 0. The van der Waals surface area contributed by atoms with E-state index in [-0.39, 0.29) is 0 Å². The van der Waals surface area contributed by atoms with Crippen molar-refractivity contribution in [2.75, 3.05) is 5.73 Å². The van der Waals surface area contributed by atoms with Crippen molar-refractivity contribution in [2.24, 2.45) is 0 Å². The standard InChI is InChI=1S/C7H7BrClN/c1-4-6(9)2-5(8)3-7(4)10/h2-3H,10H2,1H3. The molecule has 3 heteroatoms. The van der Waals surface area contributed by atoms with Crippen molar-refractivity contribution in [3.8, 4) is 0 Å². The van der Waals surface area contributed by atoms with Crippen LogP contribution in [0.25, 0.3) is 0 Å². The average Bonchev–Trinajstić information content (AvgIpc) is 1.82. The molecule has 54 valence electrons. The van der Waals surface area contributed by atoms with Gasteiger partial charge in [-0.2, -0.15) is 0 Å². The Morgan fingerprint density at radius 1 is 1.50 bits per heavy atom. The van der Waals surface area contributed by atoms with Crippen molar-refractivity contribution >= 4 is 33.2 Å². The summed E-state index contributed by atoms with van der Waals surface area (Å²) in [4.78, 5) is 0. The zero-order chi connectivity index (χ0) is 7.72. The van der Waals surface area contributed by atoms with Crippen LogP contribution in [0.3, 0.4) is 0 Å². The third-order valence-corrected chi connectivity index (χ3v) is 2.20. The van der Waals surface area contributed by atoms with Crippen LogP contribution in [-0.2, 0) is 0 Å². The van der Waals surface area contributed by atoms with E-state index in [4.69, 9.17) is 17.3 Å². The number of halogens is 2. The summed E-state index contributed by atoms with van der Waals surface area (Å²) < 4.78 is 0.917. The molecule has 0 radical (unpaired) electrons. The van der Waals surface area contributed by atoms with Crippen LogP contribution in [0.1, 0.15) is 5.56 Å². The molecular weight excluding hydrogens is 213 g/mol. The lowest BCUT2D eigenvalue weighted by Crippen LogP contribution is -1.89. The molecule has 0 atom stereocenters. The lowest BCUT2D eigenvalue weighted by Gasteiger charge is -2.01. The summed E-state index contributed by atoms with van der Waals surface area (Å²) in [5.41, 5.74) is 7.26. The van der Waals surface area contributed by atoms with E-state index in [0.717, 1.165) is 15.7 Å². The van der Waals surface area contributed by atoms with Crippen LogP contribution in [0.4, 0.5) is 5.69 Å². The molecule has 0 aliphatic carbocycles. The molecule has 0 amide bonds. The normalized spacial score (nSPS) is 9.90. The Bertz CT molecular complexity index is 237. The Morgan fingerprint density at radius 2 is 2.10 bits per heavy atom. The van der Waals surface area contributed by atoms with Gasteiger partial charge in [0.2, 0.25) is 0 Å². The topological polar surface area (TPSA) is 26.0 Å². The SMILES string of the molecule is Cc1c(N)cc(Br)cc1Cl. The molecule has 0 saturated heterocycles. The highest BCUT2D eigenvalue weighted by molar-refractivity contribution is 9.10. The zero-order valence-corrected chi connectivity index (χ0v) is 7.83. The molecule has 0 fully saturated rings. The second-order valence-corrected chi connectivity index (χ2v) is 3.42. The molecule has 0 aliphatic rings. The fourth-order valence-electron chi connectivity index (χ4n) is 0.666. The van der Waals surface area contributed by atoms with Crippen molar-refractivity contribution in [3.63, 3.8) is 0 Å². The van der Waals surface area contributed by atoms with E-state index in [0.29, 0.717) is 5.02 Å². The first kappa shape index (κ1) is 7.89. The van der Waals surface area contributed by atoms with E-state index >= 15 is 0 Å². The molecule has 1 rings (SSSR count). The highest BCUT2D eigenvalue weighted by Gasteiger charge is 1.99. The fraction of sp³-hybridized carbons (Fsp3) is 0.143. The van der Waals surface area contributed by atoms with Gasteiger partial charge in [0, 0.05) is 15.2 Å². The molecule has 0 aliphatic heterocycles. The van der Waals surface area contributed by atoms with Gasteiger partial charge in [-0.05, 0) is 24.6 Å². The Labute approximate surface area is 73.3 Å².